The van der Waals surface area contributed by atoms with Gasteiger partial charge in [0.15, 0.2) is 4.80 Å². The molecule has 220 valence electrons. The zero-order valence-corrected chi connectivity index (χ0v) is 25.6. The first-order valence-electron chi connectivity index (χ1n) is 13.2. The van der Waals surface area contributed by atoms with E-state index in [4.69, 9.17) is 32.7 Å². The molecule has 43 heavy (non-hydrogen) atoms. The van der Waals surface area contributed by atoms with Gasteiger partial charge in [-0.15, -0.1) is 0 Å². The summed E-state index contributed by atoms with van der Waals surface area (Å²) in [5.74, 6) is -0.249. The standard InChI is InChI=1S/C31H25Cl2N3O6S/c1-4-41-30(38)26-18(3)34-31-35(27(26)20-9-5-17(2)6-10-20)29(37)25(43-31)14-21-13-22(32)15-24(33)28(21)42-16-19-7-11-23(12-8-19)36(39)40/h5-15,27H,4,16H2,1-3H3/b25-14-/t27-/m0/s1. The van der Waals surface area contributed by atoms with Crippen LogP contribution >= 0.6 is 34.5 Å². The van der Waals surface area contributed by atoms with Gasteiger partial charge in [0, 0.05) is 22.7 Å². The van der Waals surface area contributed by atoms with Crippen LogP contribution in [0.1, 0.15) is 42.1 Å². The molecule has 4 aromatic rings. The monoisotopic (exact) mass is 637 g/mol. The quantitative estimate of drug-likeness (QED) is 0.135. The van der Waals surface area contributed by atoms with Gasteiger partial charge >= 0.3 is 5.97 Å². The van der Waals surface area contributed by atoms with Crippen molar-refractivity contribution in [1.82, 2.24) is 4.57 Å². The lowest BCUT2D eigenvalue weighted by atomic mass is 9.95. The zero-order chi connectivity index (χ0) is 30.8. The smallest absolute Gasteiger partial charge is 0.338 e. The minimum atomic E-state index is -0.737. The molecule has 1 aromatic heterocycles. The lowest BCUT2D eigenvalue weighted by Crippen LogP contribution is -2.39. The number of aromatic nitrogens is 1. The van der Waals surface area contributed by atoms with Crippen molar-refractivity contribution in [2.45, 2.75) is 33.4 Å². The van der Waals surface area contributed by atoms with Crippen molar-refractivity contribution in [3.05, 3.63) is 134 Å². The second kappa shape index (κ2) is 12.5. The number of carbonyl (C=O) groups excluding carboxylic acids is 1. The fraction of sp³-hybridized carbons (Fsp3) is 0.194. The summed E-state index contributed by atoms with van der Waals surface area (Å²) in [7, 11) is 0. The van der Waals surface area contributed by atoms with E-state index in [1.54, 1.807) is 38.1 Å². The van der Waals surface area contributed by atoms with Gasteiger partial charge in [-0.1, -0.05) is 64.4 Å². The molecule has 0 unspecified atom stereocenters. The van der Waals surface area contributed by atoms with E-state index in [0.717, 1.165) is 22.5 Å². The molecule has 9 nitrogen and oxygen atoms in total. The summed E-state index contributed by atoms with van der Waals surface area (Å²) >= 11 is 14.0. The van der Waals surface area contributed by atoms with E-state index in [1.807, 2.05) is 31.2 Å². The maximum Gasteiger partial charge on any atom is 0.338 e. The van der Waals surface area contributed by atoms with E-state index >= 15 is 0 Å². The number of nitrogens with zero attached hydrogens (tertiary/aromatic N) is 3. The van der Waals surface area contributed by atoms with Crippen LogP contribution in [-0.4, -0.2) is 22.1 Å². The number of halogens is 2. The Hall–Kier alpha value is -4.25. The second-order valence-electron chi connectivity index (χ2n) is 9.73. The number of non-ortho nitro benzene ring substituents is 1. The number of esters is 1. The van der Waals surface area contributed by atoms with E-state index in [2.05, 4.69) is 4.99 Å². The summed E-state index contributed by atoms with van der Waals surface area (Å²) in [5, 5.41) is 11.5. The number of thiazole rings is 1. The van der Waals surface area contributed by atoms with E-state index in [-0.39, 0.29) is 35.2 Å². The molecule has 1 atom stereocenters. The van der Waals surface area contributed by atoms with Crippen molar-refractivity contribution in [2.24, 2.45) is 4.99 Å². The molecule has 0 radical (unpaired) electrons. The van der Waals surface area contributed by atoms with Crippen LogP contribution in [0.5, 0.6) is 5.75 Å². The van der Waals surface area contributed by atoms with Gasteiger partial charge in [-0.2, -0.15) is 0 Å². The third kappa shape index (κ3) is 6.27. The van der Waals surface area contributed by atoms with Crippen LogP contribution < -0.4 is 19.6 Å². The van der Waals surface area contributed by atoms with Gasteiger partial charge in [0.1, 0.15) is 12.4 Å². The Balaban J connectivity index is 1.60. The fourth-order valence-electron chi connectivity index (χ4n) is 4.71. The molecule has 1 aliphatic rings. The number of fused-ring (bicyclic) bond motifs is 1. The number of aryl methyl sites for hydroxylation is 1. The first-order valence-corrected chi connectivity index (χ1v) is 14.8. The lowest BCUT2D eigenvalue weighted by Gasteiger charge is -2.24. The van der Waals surface area contributed by atoms with Crippen LogP contribution in [0.25, 0.3) is 6.08 Å². The van der Waals surface area contributed by atoms with Crippen LogP contribution in [-0.2, 0) is 16.1 Å². The Kier molecular flexibility index (Phi) is 8.82. The highest BCUT2D eigenvalue weighted by molar-refractivity contribution is 7.07. The maximum absolute atomic E-state index is 14.0. The van der Waals surface area contributed by atoms with Crippen LogP contribution in [0.2, 0.25) is 10.0 Å². The van der Waals surface area contributed by atoms with Gasteiger partial charge in [-0.3, -0.25) is 19.5 Å². The number of allylic oxidation sites excluding steroid dienone is 1. The van der Waals surface area contributed by atoms with E-state index in [0.29, 0.717) is 36.8 Å². The number of nitro groups is 1. The summed E-state index contributed by atoms with van der Waals surface area (Å²) in [6.45, 7) is 5.66. The average molecular weight is 639 g/mol. The third-order valence-corrected chi connectivity index (χ3v) is 8.25. The Labute approximate surface area is 260 Å². The molecular formula is C31H25Cl2N3O6S. The highest BCUT2D eigenvalue weighted by Gasteiger charge is 2.33. The van der Waals surface area contributed by atoms with E-state index in [9.17, 15) is 19.7 Å². The van der Waals surface area contributed by atoms with Crippen molar-refractivity contribution in [3.63, 3.8) is 0 Å². The number of hydrogen-bond donors (Lipinski definition) is 0. The lowest BCUT2D eigenvalue weighted by molar-refractivity contribution is -0.384. The first kappa shape index (κ1) is 30.2. The highest BCUT2D eigenvalue weighted by atomic mass is 35.5. The largest absolute Gasteiger partial charge is 0.487 e. The normalized spacial score (nSPS) is 14.7. The number of carbonyl (C=O) groups is 1. The number of nitro benzene ring substituents is 1. The van der Waals surface area contributed by atoms with Crippen LogP contribution in [0, 0.1) is 17.0 Å². The summed E-state index contributed by atoms with van der Waals surface area (Å²) in [5.41, 5.74) is 3.29. The number of rotatable bonds is 8. The molecule has 0 spiro atoms. The molecule has 0 saturated carbocycles. The van der Waals surface area contributed by atoms with E-state index in [1.165, 1.54) is 22.8 Å². The molecule has 0 fully saturated rings. The van der Waals surface area contributed by atoms with Gasteiger partial charge in [-0.25, -0.2) is 9.79 Å². The molecule has 5 rings (SSSR count). The van der Waals surface area contributed by atoms with Crippen molar-refractivity contribution >= 4 is 52.3 Å². The predicted octanol–water partition coefficient (Wildman–Crippen LogP) is 5.90. The molecule has 0 saturated heterocycles. The Morgan fingerprint density at radius 1 is 1.12 bits per heavy atom. The van der Waals surface area contributed by atoms with E-state index < -0.39 is 16.9 Å². The van der Waals surface area contributed by atoms with Crippen molar-refractivity contribution in [2.75, 3.05) is 6.61 Å². The Morgan fingerprint density at radius 2 is 1.81 bits per heavy atom. The third-order valence-electron chi connectivity index (χ3n) is 6.76. The minimum Gasteiger partial charge on any atom is -0.487 e. The molecule has 2 heterocycles. The van der Waals surface area contributed by atoms with Gasteiger partial charge in [0.05, 0.1) is 38.4 Å². The fourth-order valence-corrected chi connectivity index (χ4v) is 6.31. The highest BCUT2D eigenvalue weighted by Crippen LogP contribution is 2.34. The van der Waals surface area contributed by atoms with Crippen LogP contribution in [0.15, 0.2) is 81.7 Å². The Morgan fingerprint density at radius 3 is 2.47 bits per heavy atom. The molecular weight excluding hydrogens is 613 g/mol. The molecule has 3 aromatic carbocycles. The molecule has 12 heteroatoms. The molecule has 1 aliphatic heterocycles. The summed E-state index contributed by atoms with van der Waals surface area (Å²) < 4.78 is 13.2. The van der Waals surface area contributed by atoms with Gasteiger partial charge in [-0.05, 0) is 62.2 Å². The van der Waals surface area contributed by atoms with Gasteiger partial charge in [0.2, 0.25) is 0 Å². The maximum atomic E-state index is 14.0. The SMILES string of the molecule is CCOC(=O)C1=C(C)N=c2s/c(=C\c3cc(Cl)cc(Cl)c3OCc3ccc([N+](=O)[O-])cc3)c(=O)n2[C@H]1c1ccc(C)cc1. The summed E-state index contributed by atoms with van der Waals surface area (Å²) in [6.07, 6.45) is 1.63. The molecule has 0 aliphatic carbocycles. The number of ether oxygens (including phenoxy) is 2. The molecule has 0 N–H and O–H groups in total. The van der Waals surface area contributed by atoms with Crippen molar-refractivity contribution < 1.29 is 19.2 Å². The number of hydrogen-bond acceptors (Lipinski definition) is 8. The van der Waals surface area contributed by atoms with Crippen LogP contribution in [0.3, 0.4) is 0 Å². The van der Waals surface area contributed by atoms with Gasteiger partial charge in [0.25, 0.3) is 11.2 Å². The van der Waals surface area contributed by atoms with Gasteiger partial charge < -0.3 is 9.47 Å². The predicted molar refractivity (Wildman–Crippen MR) is 165 cm³/mol. The minimum absolute atomic E-state index is 0.0327. The van der Waals surface area contributed by atoms with Crippen LogP contribution in [0.4, 0.5) is 5.69 Å². The molecule has 0 amide bonds. The summed E-state index contributed by atoms with van der Waals surface area (Å²) in [4.78, 5) is 42.6. The summed E-state index contributed by atoms with van der Waals surface area (Å²) in [6, 6.07) is 16.0. The number of benzene rings is 3. The Bertz CT molecular complexity index is 1950. The zero-order valence-electron chi connectivity index (χ0n) is 23.3. The van der Waals surface area contributed by atoms with Crippen molar-refractivity contribution in [1.29, 1.82) is 0 Å². The topological polar surface area (TPSA) is 113 Å². The molecule has 0 bridgehead atoms. The van der Waals surface area contributed by atoms with Crippen molar-refractivity contribution in [3.8, 4) is 5.75 Å². The second-order valence-corrected chi connectivity index (χ2v) is 11.6. The average Bonchev–Trinajstić information content (AvgIpc) is 3.26. The first-order chi connectivity index (χ1) is 20.6.